The Morgan fingerprint density at radius 3 is 2.41 bits per heavy atom. The van der Waals surface area contributed by atoms with Crippen molar-refractivity contribution >= 4 is 15.9 Å². The Morgan fingerprint density at radius 2 is 1.76 bits per heavy atom. The number of benzene rings is 2. The summed E-state index contributed by atoms with van der Waals surface area (Å²) in [5, 5.41) is 0. The molecule has 2 aromatic rings. The van der Waals surface area contributed by atoms with Crippen molar-refractivity contribution < 1.29 is 4.74 Å². The van der Waals surface area contributed by atoms with Crippen molar-refractivity contribution in [3.63, 3.8) is 0 Å². The second-order valence-electron chi connectivity index (χ2n) is 4.08. The molecule has 0 radical (unpaired) electrons. The van der Waals surface area contributed by atoms with E-state index in [-0.39, 0.29) is 6.10 Å². The molecule has 0 aliphatic carbocycles. The van der Waals surface area contributed by atoms with Crippen molar-refractivity contribution in [2.75, 3.05) is 0 Å². The summed E-state index contributed by atoms with van der Waals surface area (Å²) in [5.74, 6) is 0.935. The van der Waals surface area contributed by atoms with Crippen LogP contribution in [0.5, 0.6) is 5.75 Å². The zero-order valence-corrected chi connectivity index (χ0v) is 11.6. The summed E-state index contributed by atoms with van der Waals surface area (Å²) in [6.07, 6.45) is 0.0658. The van der Waals surface area contributed by atoms with E-state index in [4.69, 9.17) is 4.74 Å². The maximum absolute atomic E-state index is 5.97. The Bertz CT molecular complexity index is 494. The Morgan fingerprint density at radius 1 is 1.06 bits per heavy atom. The molecule has 0 N–H and O–H groups in total. The summed E-state index contributed by atoms with van der Waals surface area (Å²) in [7, 11) is 0. The highest BCUT2D eigenvalue weighted by Crippen LogP contribution is 2.27. The molecule has 88 valence electrons. The second kappa shape index (κ2) is 5.37. The maximum Gasteiger partial charge on any atom is 0.123 e. The van der Waals surface area contributed by atoms with Crippen LogP contribution in [0.2, 0.25) is 0 Å². The first-order valence-electron chi connectivity index (χ1n) is 5.64. The number of hydrogen-bond donors (Lipinski definition) is 0. The van der Waals surface area contributed by atoms with Gasteiger partial charge in [0.2, 0.25) is 0 Å². The SMILES string of the molecule is Cc1cc(Br)ccc1OC(C)c1ccccc1. The van der Waals surface area contributed by atoms with E-state index in [1.165, 1.54) is 5.56 Å². The third-order valence-electron chi connectivity index (χ3n) is 2.71. The van der Waals surface area contributed by atoms with Crippen LogP contribution >= 0.6 is 15.9 Å². The third kappa shape index (κ3) is 3.10. The lowest BCUT2D eigenvalue weighted by atomic mass is 10.1. The first kappa shape index (κ1) is 12.2. The van der Waals surface area contributed by atoms with Crippen LogP contribution in [0.3, 0.4) is 0 Å². The second-order valence-corrected chi connectivity index (χ2v) is 5.00. The van der Waals surface area contributed by atoms with Crippen LogP contribution in [-0.4, -0.2) is 0 Å². The number of halogens is 1. The Hall–Kier alpha value is -1.28. The summed E-state index contributed by atoms with van der Waals surface area (Å²) in [6, 6.07) is 16.3. The standard InChI is InChI=1S/C15H15BrO/c1-11-10-14(16)8-9-15(11)17-12(2)13-6-4-3-5-7-13/h3-10,12H,1-2H3. The lowest BCUT2D eigenvalue weighted by molar-refractivity contribution is 0.225. The van der Waals surface area contributed by atoms with E-state index in [9.17, 15) is 0 Å². The zero-order chi connectivity index (χ0) is 12.3. The molecule has 17 heavy (non-hydrogen) atoms. The number of ether oxygens (including phenoxy) is 1. The lowest BCUT2D eigenvalue weighted by Crippen LogP contribution is -2.03. The minimum absolute atomic E-state index is 0.0658. The first-order valence-corrected chi connectivity index (χ1v) is 6.44. The quantitative estimate of drug-likeness (QED) is 0.781. The molecule has 0 amide bonds. The van der Waals surface area contributed by atoms with Crippen LogP contribution in [-0.2, 0) is 0 Å². The maximum atomic E-state index is 5.97. The van der Waals surface area contributed by atoms with Crippen LogP contribution in [0.1, 0.15) is 24.2 Å². The van der Waals surface area contributed by atoms with Crippen LogP contribution in [0.4, 0.5) is 0 Å². The van der Waals surface area contributed by atoms with Gasteiger partial charge in [0.25, 0.3) is 0 Å². The molecule has 0 fully saturated rings. The summed E-state index contributed by atoms with van der Waals surface area (Å²) in [5.41, 5.74) is 2.33. The molecule has 2 heteroatoms. The van der Waals surface area contributed by atoms with Crippen molar-refractivity contribution in [1.29, 1.82) is 0 Å². The molecular formula is C15H15BrO. The predicted octanol–water partition coefficient (Wildman–Crippen LogP) is 4.90. The minimum atomic E-state index is 0.0658. The molecule has 0 saturated heterocycles. The smallest absolute Gasteiger partial charge is 0.123 e. The first-order chi connectivity index (χ1) is 8.16. The molecule has 0 aromatic heterocycles. The molecule has 1 nitrogen and oxygen atoms in total. The van der Waals surface area contributed by atoms with Gasteiger partial charge in [0.15, 0.2) is 0 Å². The zero-order valence-electron chi connectivity index (χ0n) is 9.98. The topological polar surface area (TPSA) is 9.23 Å². The highest BCUT2D eigenvalue weighted by Gasteiger charge is 2.08. The van der Waals surface area contributed by atoms with Crippen LogP contribution in [0.15, 0.2) is 53.0 Å². The molecule has 0 saturated carbocycles. The summed E-state index contributed by atoms with van der Waals surface area (Å²) >= 11 is 3.45. The fraction of sp³-hybridized carbons (Fsp3) is 0.200. The highest BCUT2D eigenvalue weighted by molar-refractivity contribution is 9.10. The van der Waals surface area contributed by atoms with Crippen molar-refractivity contribution in [3.8, 4) is 5.75 Å². The van der Waals surface area contributed by atoms with Crippen LogP contribution in [0.25, 0.3) is 0 Å². The minimum Gasteiger partial charge on any atom is -0.486 e. The van der Waals surface area contributed by atoms with Crippen LogP contribution in [0, 0.1) is 6.92 Å². The van der Waals surface area contributed by atoms with E-state index in [2.05, 4.69) is 48.0 Å². The molecule has 2 rings (SSSR count). The van der Waals surface area contributed by atoms with Gasteiger partial charge in [0.05, 0.1) is 0 Å². The molecule has 2 aromatic carbocycles. The van der Waals surface area contributed by atoms with Gasteiger partial charge in [-0.2, -0.15) is 0 Å². The molecule has 0 heterocycles. The molecule has 0 spiro atoms. The van der Waals surface area contributed by atoms with Gasteiger partial charge >= 0.3 is 0 Å². The van der Waals surface area contributed by atoms with Crippen LogP contribution < -0.4 is 4.74 Å². The largest absolute Gasteiger partial charge is 0.486 e. The van der Waals surface area contributed by atoms with E-state index < -0.39 is 0 Å². The van der Waals surface area contributed by atoms with Crippen molar-refractivity contribution in [2.24, 2.45) is 0 Å². The van der Waals surface area contributed by atoms with E-state index in [1.54, 1.807) is 0 Å². The average Bonchev–Trinajstić information content (AvgIpc) is 2.34. The molecule has 1 unspecified atom stereocenters. The van der Waals surface area contributed by atoms with Gasteiger partial charge < -0.3 is 4.74 Å². The van der Waals surface area contributed by atoms with E-state index in [0.29, 0.717) is 0 Å². The number of rotatable bonds is 3. The highest BCUT2D eigenvalue weighted by atomic mass is 79.9. The molecule has 0 bridgehead atoms. The lowest BCUT2D eigenvalue weighted by Gasteiger charge is -2.16. The summed E-state index contributed by atoms with van der Waals surface area (Å²) < 4.78 is 7.04. The van der Waals surface area contributed by atoms with Gasteiger partial charge in [-0.15, -0.1) is 0 Å². The van der Waals surface area contributed by atoms with E-state index >= 15 is 0 Å². The summed E-state index contributed by atoms with van der Waals surface area (Å²) in [6.45, 7) is 4.12. The molecule has 0 aliphatic rings. The normalized spacial score (nSPS) is 12.2. The fourth-order valence-corrected chi connectivity index (χ4v) is 2.20. The summed E-state index contributed by atoms with van der Waals surface area (Å²) in [4.78, 5) is 0. The number of hydrogen-bond acceptors (Lipinski definition) is 1. The van der Waals surface area contributed by atoms with E-state index in [0.717, 1.165) is 15.8 Å². The van der Waals surface area contributed by atoms with Crippen molar-refractivity contribution in [1.82, 2.24) is 0 Å². The van der Waals surface area contributed by atoms with Gasteiger partial charge in [0.1, 0.15) is 11.9 Å². The third-order valence-corrected chi connectivity index (χ3v) is 3.20. The van der Waals surface area contributed by atoms with Gasteiger partial charge in [-0.3, -0.25) is 0 Å². The Kier molecular flexibility index (Phi) is 3.85. The number of aryl methyl sites for hydroxylation is 1. The molecular weight excluding hydrogens is 276 g/mol. The Labute approximate surface area is 111 Å². The van der Waals surface area contributed by atoms with Crippen molar-refractivity contribution in [3.05, 3.63) is 64.1 Å². The van der Waals surface area contributed by atoms with Gasteiger partial charge in [-0.25, -0.2) is 0 Å². The molecule has 0 aliphatic heterocycles. The van der Waals surface area contributed by atoms with Crippen molar-refractivity contribution in [2.45, 2.75) is 20.0 Å². The van der Waals surface area contributed by atoms with E-state index in [1.807, 2.05) is 30.3 Å². The monoisotopic (exact) mass is 290 g/mol. The Balaban J connectivity index is 2.16. The fourth-order valence-electron chi connectivity index (χ4n) is 1.73. The van der Waals surface area contributed by atoms with Gasteiger partial charge in [-0.1, -0.05) is 46.3 Å². The molecule has 1 atom stereocenters. The average molecular weight is 291 g/mol. The predicted molar refractivity (Wildman–Crippen MR) is 74.4 cm³/mol. The van der Waals surface area contributed by atoms with Gasteiger partial charge in [0, 0.05) is 4.47 Å². The van der Waals surface area contributed by atoms with Gasteiger partial charge in [-0.05, 0) is 43.2 Å².